The first-order valence-corrected chi connectivity index (χ1v) is 7.09. The summed E-state index contributed by atoms with van der Waals surface area (Å²) >= 11 is 0. The first kappa shape index (κ1) is 17.6. The maximum absolute atomic E-state index is 9.50. The van der Waals surface area contributed by atoms with E-state index in [0.29, 0.717) is 33.0 Å². The molecule has 0 bridgehead atoms. The van der Waals surface area contributed by atoms with Crippen LogP contribution in [0.5, 0.6) is 0 Å². The van der Waals surface area contributed by atoms with E-state index >= 15 is 0 Å². The van der Waals surface area contributed by atoms with Crippen LogP contribution >= 0.6 is 0 Å². The maximum atomic E-state index is 9.50. The van der Waals surface area contributed by atoms with Crippen LogP contribution in [0.2, 0.25) is 0 Å². The lowest BCUT2D eigenvalue weighted by Crippen LogP contribution is -2.43. The van der Waals surface area contributed by atoms with Gasteiger partial charge in [0.2, 0.25) is 0 Å². The Bertz CT molecular complexity index is 419. The van der Waals surface area contributed by atoms with Gasteiger partial charge >= 0.3 is 0 Å². The molecule has 0 fully saturated rings. The van der Waals surface area contributed by atoms with Crippen molar-refractivity contribution in [2.75, 3.05) is 47.2 Å². The van der Waals surface area contributed by atoms with Crippen molar-refractivity contribution >= 4 is 0 Å². The number of methoxy groups -OCH3 is 1. The second-order valence-electron chi connectivity index (χ2n) is 4.64. The molecule has 0 saturated heterocycles. The van der Waals surface area contributed by atoms with Crippen molar-refractivity contribution in [1.82, 2.24) is 5.32 Å². The minimum Gasteiger partial charge on any atom is -0.382 e. The standard InChI is InChI=1S/C16H24N2O3/c1-18-16(13-17,15-7-4-3-5-8-15)14-21-10-6-9-20-12-11-19-2/h3-5,7-8,18H,6,9-12,14H2,1-2H3. The van der Waals surface area contributed by atoms with Gasteiger partial charge in [-0.1, -0.05) is 30.3 Å². The largest absolute Gasteiger partial charge is 0.382 e. The fourth-order valence-corrected chi connectivity index (χ4v) is 1.91. The van der Waals surface area contributed by atoms with Gasteiger partial charge in [-0.3, -0.25) is 5.32 Å². The Hall–Kier alpha value is -1.45. The molecular weight excluding hydrogens is 268 g/mol. The number of hydrogen-bond acceptors (Lipinski definition) is 5. The highest BCUT2D eigenvalue weighted by Gasteiger charge is 2.30. The van der Waals surface area contributed by atoms with Gasteiger partial charge in [-0.2, -0.15) is 5.26 Å². The zero-order chi connectivity index (χ0) is 15.4. The molecule has 0 aliphatic carbocycles. The second-order valence-corrected chi connectivity index (χ2v) is 4.64. The number of nitrogens with one attached hydrogen (secondary N) is 1. The summed E-state index contributed by atoms with van der Waals surface area (Å²) in [5, 5.41) is 12.6. The van der Waals surface area contributed by atoms with Crippen LogP contribution in [0, 0.1) is 11.3 Å². The van der Waals surface area contributed by atoms with Gasteiger partial charge in [-0.15, -0.1) is 0 Å². The lowest BCUT2D eigenvalue weighted by molar-refractivity contribution is 0.0423. The highest BCUT2D eigenvalue weighted by molar-refractivity contribution is 5.31. The van der Waals surface area contributed by atoms with Crippen LogP contribution in [0.25, 0.3) is 0 Å². The number of likely N-dealkylation sites (N-methyl/N-ethyl adjacent to an activating group) is 1. The van der Waals surface area contributed by atoms with Crippen molar-refractivity contribution < 1.29 is 14.2 Å². The number of rotatable bonds is 11. The molecule has 1 rings (SSSR count). The first-order chi connectivity index (χ1) is 10.3. The van der Waals surface area contributed by atoms with E-state index in [2.05, 4.69) is 11.4 Å². The number of ether oxygens (including phenoxy) is 3. The molecular formula is C16H24N2O3. The van der Waals surface area contributed by atoms with E-state index in [1.807, 2.05) is 30.3 Å². The van der Waals surface area contributed by atoms with Crippen molar-refractivity contribution in [3.8, 4) is 6.07 Å². The molecule has 0 heterocycles. The minimum atomic E-state index is -0.807. The predicted molar refractivity (Wildman–Crippen MR) is 80.9 cm³/mol. The van der Waals surface area contributed by atoms with Crippen molar-refractivity contribution in [2.24, 2.45) is 0 Å². The van der Waals surface area contributed by atoms with Crippen molar-refractivity contribution in [3.05, 3.63) is 35.9 Å². The Morgan fingerprint density at radius 1 is 1.10 bits per heavy atom. The van der Waals surface area contributed by atoms with Gasteiger partial charge < -0.3 is 14.2 Å². The Morgan fingerprint density at radius 2 is 1.81 bits per heavy atom. The summed E-state index contributed by atoms with van der Waals surface area (Å²) in [7, 11) is 3.42. The minimum absolute atomic E-state index is 0.308. The summed E-state index contributed by atoms with van der Waals surface area (Å²) in [6.07, 6.45) is 0.795. The molecule has 1 unspecified atom stereocenters. The molecule has 21 heavy (non-hydrogen) atoms. The third-order valence-electron chi connectivity index (χ3n) is 3.21. The molecule has 0 radical (unpaired) electrons. The van der Waals surface area contributed by atoms with E-state index in [4.69, 9.17) is 14.2 Å². The number of nitriles is 1. The molecule has 116 valence electrons. The molecule has 1 atom stereocenters. The Labute approximate surface area is 126 Å². The highest BCUT2D eigenvalue weighted by atomic mass is 16.5. The number of hydrogen-bond donors (Lipinski definition) is 1. The molecule has 5 nitrogen and oxygen atoms in total. The third kappa shape index (κ3) is 5.82. The van der Waals surface area contributed by atoms with Crippen LogP contribution in [0.4, 0.5) is 0 Å². The van der Waals surface area contributed by atoms with Crippen LogP contribution in [0.1, 0.15) is 12.0 Å². The van der Waals surface area contributed by atoms with Gasteiger partial charge in [0.15, 0.2) is 5.54 Å². The van der Waals surface area contributed by atoms with E-state index in [1.165, 1.54) is 0 Å². The molecule has 1 aromatic carbocycles. The second kappa shape index (κ2) is 10.3. The monoisotopic (exact) mass is 292 g/mol. The average Bonchev–Trinajstić information content (AvgIpc) is 2.55. The summed E-state index contributed by atoms with van der Waals surface area (Å²) in [6.45, 7) is 2.70. The van der Waals surface area contributed by atoms with E-state index in [-0.39, 0.29) is 0 Å². The predicted octanol–water partition coefficient (Wildman–Crippen LogP) is 1.69. The van der Waals surface area contributed by atoms with Crippen LogP contribution in [0.3, 0.4) is 0 Å². The quantitative estimate of drug-likeness (QED) is 0.629. The first-order valence-electron chi connectivity index (χ1n) is 7.09. The fraction of sp³-hybridized carbons (Fsp3) is 0.562. The van der Waals surface area contributed by atoms with E-state index in [1.54, 1.807) is 14.2 Å². The molecule has 0 aliphatic rings. The van der Waals surface area contributed by atoms with Crippen LogP contribution in [-0.4, -0.2) is 47.2 Å². The maximum Gasteiger partial charge on any atom is 0.155 e. The summed E-state index contributed by atoms with van der Waals surface area (Å²) in [5.41, 5.74) is 0.101. The van der Waals surface area contributed by atoms with E-state index < -0.39 is 5.54 Å². The van der Waals surface area contributed by atoms with Gasteiger partial charge in [-0.05, 0) is 19.0 Å². The van der Waals surface area contributed by atoms with Crippen molar-refractivity contribution in [1.29, 1.82) is 5.26 Å². The fourth-order valence-electron chi connectivity index (χ4n) is 1.91. The normalized spacial score (nSPS) is 13.6. The van der Waals surface area contributed by atoms with Gasteiger partial charge in [-0.25, -0.2) is 0 Å². The van der Waals surface area contributed by atoms with E-state index in [9.17, 15) is 5.26 Å². The SMILES string of the molecule is CNC(C#N)(COCCCOCCOC)c1ccccc1. The van der Waals surface area contributed by atoms with Gasteiger partial charge in [0.25, 0.3) is 0 Å². The zero-order valence-electron chi connectivity index (χ0n) is 12.8. The average molecular weight is 292 g/mol. The van der Waals surface area contributed by atoms with Crippen LogP contribution < -0.4 is 5.32 Å². The Kier molecular flexibility index (Phi) is 8.63. The Morgan fingerprint density at radius 3 is 2.43 bits per heavy atom. The lowest BCUT2D eigenvalue weighted by Gasteiger charge is -2.26. The number of benzene rings is 1. The molecule has 1 N–H and O–H groups in total. The highest BCUT2D eigenvalue weighted by Crippen LogP contribution is 2.20. The van der Waals surface area contributed by atoms with Crippen LogP contribution in [-0.2, 0) is 19.7 Å². The molecule has 0 aliphatic heterocycles. The Balaban J connectivity index is 2.35. The molecule has 0 amide bonds. The molecule has 0 aromatic heterocycles. The van der Waals surface area contributed by atoms with Crippen LogP contribution in [0.15, 0.2) is 30.3 Å². The van der Waals surface area contributed by atoms with Crippen molar-refractivity contribution in [2.45, 2.75) is 12.0 Å². The van der Waals surface area contributed by atoms with Gasteiger partial charge in [0, 0.05) is 20.3 Å². The molecule has 0 saturated carbocycles. The van der Waals surface area contributed by atoms with Crippen molar-refractivity contribution in [3.63, 3.8) is 0 Å². The van der Waals surface area contributed by atoms with E-state index in [0.717, 1.165) is 12.0 Å². The third-order valence-corrected chi connectivity index (χ3v) is 3.21. The molecule has 5 heteroatoms. The molecule has 1 aromatic rings. The smallest absolute Gasteiger partial charge is 0.155 e. The molecule has 0 spiro atoms. The lowest BCUT2D eigenvalue weighted by atomic mass is 9.92. The zero-order valence-corrected chi connectivity index (χ0v) is 12.8. The van der Waals surface area contributed by atoms with Gasteiger partial charge in [0.05, 0.1) is 25.9 Å². The summed E-state index contributed by atoms with van der Waals surface area (Å²) < 4.78 is 15.9. The number of nitrogens with zero attached hydrogens (tertiary/aromatic N) is 1. The summed E-state index contributed by atoms with van der Waals surface area (Å²) in [4.78, 5) is 0. The topological polar surface area (TPSA) is 63.5 Å². The van der Waals surface area contributed by atoms with Gasteiger partial charge in [0.1, 0.15) is 0 Å². The summed E-state index contributed by atoms with van der Waals surface area (Å²) in [6, 6.07) is 11.9. The summed E-state index contributed by atoms with van der Waals surface area (Å²) in [5.74, 6) is 0.